The van der Waals surface area contributed by atoms with Crippen LogP contribution in [0.5, 0.6) is 5.75 Å². The van der Waals surface area contributed by atoms with E-state index < -0.39 is 10.0 Å². The van der Waals surface area contributed by atoms with E-state index in [4.69, 9.17) is 4.74 Å². The number of benzene rings is 2. The molecule has 0 amide bonds. The lowest BCUT2D eigenvalue weighted by molar-refractivity contribution is 0.261. The van der Waals surface area contributed by atoms with Crippen molar-refractivity contribution in [2.24, 2.45) is 0 Å². The van der Waals surface area contributed by atoms with Crippen LogP contribution in [-0.4, -0.2) is 59.2 Å². The molecular weight excluding hydrogens is 381 g/mol. The van der Waals surface area contributed by atoms with Crippen LogP contribution in [0.4, 0.5) is 10.1 Å². The molecule has 0 aliphatic carbocycles. The number of halogens is 1. The predicted molar refractivity (Wildman–Crippen MR) is 108 cm³/mol. The Kier molecular flexibility index (Phi) is 6.88. The highest BCUT2D eigenvalue weighted by Crippen LogP contribution is 2.23. The van der Waals surface area contributed by atoms with Crippen molar-refractivity contribution in [2.75, 3.05) is 50.8 Å². The number of hydrogen-bond acceptors (Lipinski definition) is 5. The van der Waals surface area contributed by atoms with Crippen LogP contribution in [0.2, 0.25) is 0 Å². The van der Waals surface area contributed by atoms with Crippen molar-refractivity contribution in [2.45, 2.75) is 11.8 Å². The first-order valence-corrected chi connectivity index (χ1v) is 10.9. The van der Waals surface area contributed by atoms with Gasteiger partial charge in [0.2, 0.25) is 10.0 Å². The fourth-order valence-electron chi connectivity index (χ4n) is 3.28. The average molecular weight is 408 g/mol. The summed E-state index contributed by atoms with van der Waals surface area (Å²) in [6.45, 7) is 6.05. The van der Waals surface area contributed by atoms with E-state index in [0.29, 0.717) is 44.2 Å². The summed E-state index contributed by atoms with van der Waals surface area (Å²) >= 11 is 0. The van der Waals surface area contributed by atoms with Gasteiger partial charge in [0.1, 0.15) is 16.5 Å². The third-order valence-corrected chi connectivity index (χ3v) is 6.22. The van der Waals surface area contributed by atoms with Gasteiger partial charge in [-0.25, -0.2) is 17.5 Å². The number of nitrogens with one attached hydrogen (secondary N) is 1. The van der Waals surface area contributed by atoms with Crippen LogP contribution in [0.3, 0.4) is 0 Å². The normalized spacial score (nSPS) is 15.6. The molecule has 1 heterocycles. The molecule has 1 saturated heterocycles. The minimum Gasteiger partial charge on any atom is -0.492 e. The topological polar surface area (TPSA) is 61.9 Å². The minimum absolute atomic E-state index is 0.154. The highest BCUT2D eigenvalue weighted by atomic mass is 32.2. The van der Waals surface area contributed by atoms with E-state index in [1.54, 1.807) is 36.4 Å². The summed E-state index contributed by atoms with van der Waals surface area (Å²) in [5.41, 5.74) is 0.621. The molecule has 8 heteroatoms. The maximum Gasteiger partial charge on any atom is 0.244 e. The van der Waals surface area contributed by atoms with Crippen LogP contribution in [-0.2, 0) is 10.0 Å². The van der Waals surface area contributed by atoms with Crippen molar-refractivity contribution in [1.29, 1.82) is 0 Å². The first-order valence-electron chi connectivity index (χ1n) is 9.44. The van der Waals surface area contributed by atoms with Crippen molar-refractivity contribution in [1.82, 2.24) is 9.62 Å². The van der Waals surface area contributed by atoms with E-state index in [1.165, 1.54) is 6.07 Å². The van der Waals surface area contributed by atoms with Gasteiger partial charge in [0.15, 0.2) is 0 Å². The zero-order chi connectivity index (χ0) is 20.0. The van der Waals surface area contributed by atoms with Crippen LogP contribution < -0.4 is 14.4 Å². The van der Waals surface area contributed by atoms with Crippen LogP contribution >= 0.6 is 0 Å². The molecule has 0 aromatic heterocycles. The van der Waals surface area contributed by atoms with Crippen molar-refractivity contribution < 1.29 is 17.5 Å². The second-order valence-corrected chi connectivity index (χ2v) is 8.29. The summed E-state index contributed by atoms with van der Waals surface area (Å²) in [4.78, 5) is 4.35. The molecule has 152 valence electrons. The molecule has 6 nitrogen and oxygen atoms in total. The number of piperazine rings is 1. The number of anilines is 1. The highest BCUT2D eigenvalue weighted by molar-refractivity contribution is 7.89. The summed E-state index contributed by atoms with van der Waals surface area (Å²) < 4.78 is 47.1. The van der Waals surface area contributed by atoms with Gasteiger partial charge in [-0.15, -0.1) is 0 Å². The second-order valence-electron chi connectivity index (χ2n) is 6.56. The monoisotopic (exact) mass is 407 g/mol. The Morgan fingerprint density at radius 1 is 1.04 bits per heavy atom. The number of sulfonamides is 1. The number of nitrogens with zero attached hydrogens (tertiary/aromatic N) is 2. The van der Waals surface area contributed by atoms with Gasteiger partial charge in [-0.2, -0.15) is 0 Å². The zero-order valence-corrected chi connectivity index (χ0v) is 16.8. The molecule has 1 aliphatic heterocycles. The molecule has 1 fully saturated rings. The number of ether oxygens (including phenoxy) is 1. The zero-order valence-electron chi connectivity index (χ0n) is 16.0. The van der Waals surface area contributed by atoms with Crippen LogP contribution in [0, 0.1) is 5.82 Å². The summed E-state index contributed by atoms with van der Waals surface area (Å²) in [7, 11) is -3.63. The Morgan fingerprint density at radius 3 is 2.43 bits per heavy atom. The third kappa shape index (κ3) is 5.01. The minimum atomic E-state index is -3.63. The van der Waals surface area contributed by atoms with Crippen molar-refractivity contribution in [3.05, 3.63) is 54.3 Å². The fraction of sp³-hybridized carbons (Fsp3) is 0.400. The molecule has 0 radical (unpaired) electrons. The molecule has 0 unspecified atom stereocenters. The molecule has 2 aromatic rings. The third-order valence-electron chi connectivity index (χ3n) is 4.72. The Morgan fingerprint density at radius 2 is 1.71 bits per heavy atom. The standard InChI is InChI=1S/C20H26FN3O3S/c1-2-27-19-9-5-6-10-20(19)28(25,26)22-11-12-23-13-15-24(16-14-23)18-8-4-3-7-17(18)21/h3-10,22H,2,11-16H2,1H3. The van der Waals surface area contributed by atoms with Crippen molar-refractivity contribution in [3.8, 4) is 5.75 Å². The van der Waals surface area contributed by atoms with Gasteiger partial charge in [0, 0.05) is 39.3 Å². The van der Waals surface area contributed by atoms with E-state index in [9.17, 15) is 12.8 Å². The molecule has 1 N–H and O–H groups in total. The Hall–Kier alpha value is -2.16. The lowest BCUT2D eigenvalue weighted by Crippen LogP contribution is -2.48. The largest absolute Gasteiger partial charge is 0.492 e. The molecule has 0 saturated carbocycles. The number of hydrogen-bond donors (Lipinski definition) is 1. The number of para-hydroxylation sites is 2. The second kappa shape index (κ2) is 9.36. The molecule has 2 aromatic carbocycles. The number of rotatable bonds is 8. The summed E-state index contributed by atoms with van der Waals surface area (Å²) in [5, 5.41) is 0. The van der Waals surface area contributed by atoms with E-state index >= 15 is 0 Å². The molecule has 1 aliphatic rings. The maximum absolute atomic E-state index is 13.9. The fourth-order valence-corrected chi connectivity index (χ4v) is 4.45. The summed E-state index contributed by atoms with van der Waals surface area (Å²) in [6, 6.07) is 13.4. The van der Waals surface area contributed by atoms with E-state index in [2.05, 4.69) is 9.62 Å². The van der Waals surface area contributed by atoms with Gasteiger partial charge in [-0.05, 0) is 31.2 Å². The van der Waals surface area contributed by atoms with Gasteiger partial charge < -0.3 is 9.64 Å². The Balaban J connectivity index is 1.50. The van der Waals surface area contributed by atoms with Crippen molar-refractivity contribution >= 4 is 15.7 Å². The molecule has 3 rings (SSSR count). The summed E-state index contributed by atoms with van der Waals surface area (Å²) in [5.74, 6) is 0.146. The van der Waals surface area contributed by atoms with Gasteiger partial charge in [-0.1, -0.05) is 24.3 Å². The quantitative estimate of drug-likeness (QED) is 0.728. The van der Waals surface area contributed by atoms with Crippen LogP contribution in [0.25, 0.3) is 0 Å². The molecule has 0 atom stereocenters. The molecule has 0 bridgehead atoms. The Bertz CT molecular complexity index is 884. The van der Waals surface area contributed by atoms with E-state index in [-0.39, 0.29) is 10.7 Å². The predicted octanol–water partition coefficient (Wildman–Crippen LogP) is 2.32. The average Bonchev–Trinajstić information content (AvgIpc) is 2.69. The lowest BCUT2D eigenvalue weighted by Gasteiger charge is -2.36. The SMILES string of the molecule is CCOc1ccccc1S(=O)(=O)NCCN1CCN(c2ccccc2F)CC1. The highest BCUT2D eigenvalue weighted by Gasteiger charge is 2.21. The summed E-state index contributed by atoms with van der Waals surface area (Å²) in [6.07, 6.45) is 0. The van der Waals surface area contributed by atoms with E-state index in [1.807, 2.05) is 17.9 Å². The van der Waals surface area contributed by atoms with E-state index in [0.717, 1.165) is 13.1 Å². The van der Waals surface area contributed by atoms with Crippen molar-refractivity contribution in [3.63, 3.8) is 0 Å². The Labute approximate surface area is 166 Å². The van der Waals surface area contributed by atoms with Gasteiger partial charge in [0.25, 0.3) is 0 Å². The maximum atomic E-state index is 13.9. The first kappa shape index (κ1) is 20.6. The van der Waals surface area contributed by atoms with Crippen LogP contribution in [0.1, 0.15) is 6.92 Å². The molecular formula is C20H26FN3O3S. The first-order chi connectivity index (χ1) is 13.5. The molecule has 28 heavy (non-hydrogen) atoms. The smallest absolute Gasteiger partial charge is 0.244 e. The van der Waals surface area contributed by atoms with Gasteiger partial charge in [0.05, 0.1) is 12.3 Å². The molecule has 0 spiro atoms. The lowest BCUT2D eigenvalue weighted by atomic mass is 10.2. The van der Waals surface area contributed by atoms with Gasteiger partial charge in [-0.3, -0.25) is 4.90 Å². The van der Waals surface area contributed by atoms with Gasteiger partial charge >= 0.3 is 0 Å². The van der Waals surface area contributed by atoms with Crippen LogP contribution in [0.15, 0.2) is 53.4 Å².